The molecule has 3 rings (SSSR count). The van der Waals surface area contributed by atoms with Gasteiger partial charge in [-0.1, -0.05) is 30.3 Å². The Morgan fingerprint density at radius 3 is 2.70 bits per heavy atom. The second-order valence-corrected chi connectivity index (χ2v) is 5.64. The van der Waals surface area contributed by atoms with Gasteiger partial charge in [-0.3, -0.25) is 4.90 Å². The highest BCUT2D eigenvalue weighted by Gasteiger charge is 2.36. The van der Waals surface area contributed by atoms with Crippen LogP contribution in [0.25, 0.3) is 0 Å². The Kier molecular flexibility index (Phi) is 3.89. The number of ether oxygens (including phenoxy) is 1. The van der Waals surface area contributed by atoms with E-state index < -0.39 is 0 Å². The summed E-state index contributed by atoms with van der Waals surface area (Å²) in [5, 5.41) is 0. The molecule has 0 bridgehead atoms. The number of rotatable bonds is 3. The van der Waals surface area contributed by atoms with Crippen LogP contribution >= 0.6 is 0 Å². The van der Waals surface area contributed by atoms with E-state index in [2.05, 4.69) is 4.90 Å². The van der Waals surface area contributed by atoms with Crippen molar-refractivity contribution in [3.05, 3.63) is 35.9 Å². The minimum Gasteiger partial charge on any atom is -0.445 e. The summed E-state index contributed by atoms with van der Waals surface area (Å²) in [5.41, 5.74) is 6.81. The van der Waals surface area contributed by atoms with Crippen LogP contribution in [0.5, 0.6) is 0 Å². The van der Waals surface area contributed by atoms with E-state index in [1.165, 1.54) is 0 Å². The molecule has 2 N–H and O–H groups in total. The molecule has 5 heteroatoms. The molecule has 2 aliphatic rings. The van der Waals surface area contributed by atoms with E-state index in [1.54, 1.807) is 4.90 Å². The summed E-state index contributed by atoms with van der Waals surface area (Å²) in [4.78, 5) is 16.2. The van der Waals surface area contributed by atoms with Crippen molar-refractivity contribution in [1.29, 1.82) is 0 Å². The van der Waals surface area contributed by atoms with Gasteiger partial charge in [0.15, 0.2) is 0 Å². The fourth-order valence-corrected chi connectivity index (χ4v) is 2.86. The molecule has 1 aromatic rings. The molecule has 2 aliphatic heterocycles. The lowest BCUT2D eigenvalue weighted by atomic mass is 10.1. The molecule has 0 spiro atoms. The van der Waals surface area contributed by atoms with Gasteiger partial charge in [0.05, 0.1) is 0 Å². The number of hydrogen-bond acceptors (Lipinski definition) is 4. The van der Waals surface area contributed by atoms with Crippen LogP contribution in [0, 0.1) is 0 Å². The van der Waals surface area contributed by atoms with E-state index in [0.717, 1.165) is 38.2 Å². The van der Waals surface area contributed by atoms with Crippen LogP contribution in [-0.4, -0.2) is 54.2 Å². The molecule has 1 amide bonds. The number of nitrogens with zero attached hydrogens (tertiary/aromatic N) is 2. The van der Waals surface area contributed by atoms with Gasteiger partial charge in [-0.05, 0) is 12.0 Å². The number of hydrogen-bond donors (Lipinski definition) is 1. The second-order valence-electron chi connectivity index (χ2n) is 5.64. The van der Waals surface area contributed by atoms with Crippen LogP contribution in [0.1, 0.15) is 12.0 Å². The van der Waals surface area contributed by atoms with E-state index in [4.69, 9.17) is 10.5 Å². The van der Waals surface area contributed by atoms with Crippen LogP contribution in [0.2, 0.25) is 0 Å². The molecule has 2 saturated heterocycles. The Labute approximate surface area is 119 Å². The van der Waals surface area contributed by atoms with Gasteiger partial charge in [0.25, 0.3) is 0 Å². The average molecular weight is 275 g/mol. The van der Waals surface area contributed by atoms with Gasteiger partial charge in [0, 0.05) is 38.3 Å². The third-order valence-electron chi connectivity index (χ3n) is 4.08. The Balaban J connectivity index is 1.44. The third-order valence-corrected chi connectivity index (χ3v) is 4.08. The first-order valence-electron chi connectivity index (χ1n) is 7.17. The highest BCUT2D eigenvalue weighted by Crippen LogP contribution is 2.21. The van der Waals surface area contributed by atoms with Crippen molar-refractivity contribution in [2.75, 3.05) is 26.2 Å². The molecular formula is C15H21N3O2. The third kappa shape index (κ3) is 2.94. The number of benzene rings is 1. The van der Waals surface area contributed by atoms with Crippen LogP contribution in [0.4, 0.5) is 4.79 Å². The molecule has 2 heterocycles. The van der Waals surface area contributed by atoms with Crippen molar-refractivity contribution in [1.82, 2.24) is 9.80 Å². The SMILES string of the molecule is NC1CN(C2CCN(C(=O)OCc3ccccc3)C2)C1. The molecule has 2 fully saturated rings. The maximum Gasteiger partial charge on any atom is 0.410 e. The summed E-state index contributed by atoms with van der Waals surface area (Å²) in [5.74, 6) is 0. The molecule has 0 aliphatic carbocycles. The first-order chi connectivity index (χ1) is 9.72. The zero-order chi connectivity index (χ0) is 13.9. The maximum atomic E-state index is 12.0. The Morgan fingerprint density at radius 2 is 2.00 bits per heavy atom. The molecule has 20 heavy (non-hydrogen) atoms. The Morgan fingerprint density at radius 1 is 1.25 bits per heavy atom. The minimum absolute atomic E-state index is 0.207. The van der Waals surface area contributed by atoms with Crippen molar-refractivity contribution >= 4 is 6.09 Å². The summed E-state index contributed by atoms with van der Waals surface area (Å²) in [6.45, 7) is 3.80. The zero-order valence-corrected chi connectivity index (χ0v) is 11.6. The largest absolute Gasteiger partial charge is 0.445 e. The summed E-state index contributed by atoms with van der Waals surface area (Å²) < 4.78 is 5.36. The fourth-order valence-electron chi connectivity index (χ4n) is 2.86. The van der Waals surface area contributed by atoms with E-state index in [-0.39, 0.29) is 6.09 Å². The quantitative estimate of drug-likeness (QED) is 0.895. The van der Waals surface area contributed by atoms with Crippen LogP contribution in [0.15, 0.2) is 30.3 Å². The first kappa shape index (κ1) is 13.4. The predicted octanol–water partition coefficient (Wildman–Crippen LogP) is 1.04. The van der Waals surface area contributed by atoms with Gasteiger partial charge >= 0.3 is 6.09 Å². The topological polar surface area (TPSA) is 58.8 Å². The van der Waals surface area contributed by atoms with Crippen LogP contribution in [-0.2, 0) is 11.3 Å². The van der Waals surface area contributed by atoms with E-state index in [9.17, 15) is 4.79 Å². The fraction of sp³-hybridized carbons (Fsp3) is 0.533. The van der Waals surface area contributed by atoms with Gasteiger partial charge in [-0.15, -0.1) is 0 Å². The average Bonchev–Trinajstić information content (AvgIpc) is 2.92. The standard InChI is InChI=1S/C15H21N3O2/c16-13-8-18(9-13)14-6-7-17(10-14)15(19)20-11-12-4-2-1-3-5-12/h1-5,13-14H,6-11,16H2. The van der Waals surface area contributed by atoms with Crippen molar-refractivity contribution in [3.63, 3.8) is 0 Å². The molecule has 1 atom stereocenters. The Bertz CT molecular complexity index is 459. The molecule has 0 aromatic heterocycles. The summed E-state index contributed by atoms with van der Waals surface area (Å²) >= 11 is 0. The van der Waals surface area contributed by atoms with Crippen LogP contribution < -0.4 is 5.73 Å². The van der Waals surface area contributed by atoms with Gasteiger partial charge in [-0.25, -0.2) is 4.79 Å². The highest BCUT2D eigenvalue weighted by molar-refractivity contribution is 5.68. The number of carbonyl (C=O) groups is 1. The normalized spacial score (nSPS) is 23.6. The summed E-state index contributed by atoms with van der Waals surface area (Å²) in [6, 6.07) is 10.5. The lowest BCUT2D eigenvalue weighted by molar-refractivity contribution is 0.0831. The number of carbonyl (C=O) groups excluding carboxylic acids is 1. The van der Waals surface area contributed by atoms with Crippen molar-refractivity contribution < 1.29 is 9.53 Å². The minimum atomic E-state index is -0.207. The molecule has 5 nitrogen and oxygen atoms in total. The zero-order valence-electron chi connectivity index (χ0n) is 11.6. The van der Waals surface area contributed by atoms with Gasteiger partial charge in [-0.2, -0.15) is 0 Å². The lowest BCUT2D eigenvalue weighted by Crippen LogP contribution is -2.59. The van der Waals surface area contributed by atoms with Gasteiger partial charge in [0.2, 0.25) is 0 Å². The predicted molar refractivity (Wildman–Crippen MR) is 76.2 cm³/mol. The molecule has 108 valence electrons. The summed E-state index contributed by atoms with van der Waals surface area (Å²) in [6.07, 6.45) is 0.814. The second kappa shape index (κ2) is 5.81. The van der Waals surface area contributed by atoms with E-state index >= 15 is 0 Å². The van der Waals surface area contributed by atoms with E-state index in [1.807, 2.05) is 30.3 Å². The molecule has 1 unspecified atom stereocenters. The molecule has 0 radical (unpaired) electrons. The highest BCUT2D eigenvalue weighted by atomic mass is 16.6. The van der Waals surface area contributed by atoms with Gasteiger partial charge in [0.1, 0.15) is 6.61 Å². The number of likely N-dealkylation sites (tertiary alicyclic amines) is 2. The number of amides is 1. The van der Waals surface area contributed by atoms with Crippen molar-refractivity contribution in [3.8, 4) is 0 Å². The van der Waals surface area contributed by atoms with E-state index in [0.29, 0.717) is 18.7 Å². The summed E-state index contributed by atoms with van der Waals surface area (Å²) in [7, 11) is 0. The Hall–Kier alpha value is -1.59. The smallest absolute Gasteiger partial charge is 0.410 e. The number of nitrogens with two attached hydrogens (primary N) is 1. The first-order valence-corrected chi connectivity index (χ1v) is 7.17. The van der Waals surface area contributed by atoms with Gasteiger partial charge < -0.3 is 15.4 Å². The lowest BCUT2D eigenvalue weighted by Gasteiger charge is -2.41. The maximum absolute atomic E-state index is 12.0. The monoisotopic (exact) mass is 275 g/mol. The molecule has 1 aromatic carbocycles. The van der Waals surface area contributed by atoms with Crippen molar-refractivity contribution in [2.45, 2.75) is 25.1 Å². The van der Waals surface area contributed by atoms with Crippen LogP contribution in [0.3, 0.4) is 0 Å². The molecule has 0 saturated carbocycles. The van der Waals surface area contributed by atoms with Crippen molar-refractivity contribution in [2.24, 2.45) is 5.73 Å². The molecular weight excluding hydrogens is 254 g/mol.